The second-order valence-corrected chi connectivity index (χ2v) is 6.66. The Bertz CT molecular complexity index is 624. The number of fused-ring (bicyclic) bond motifs is 2. The summed E-state index contributed by atoms with van der Waals surface area (Å²) in [6.45, 7) is 0. The van der Waals surface area contributed by atoms with Crippen LogP contribution in [0.15, 0.2) is 60.7 Å². The predicted molar refractivity (Wildman–Crippen MR) is 89.7 cm³/mol. The van der Waals surface area contributed by atoms with Crippen LogP contribution < -0.4 is 0 Å². The van der Waals surface area contributed by atoms with E-state index in [4.69, 9.17) is 0 Å². The average molecular weight is 274 g/mol. The summed E-state index contributed by atoms with van der Waals surface area (Å²) >= 11 is 0. The van der Waals surface area contributed by atoms with Gasteiger partial charge in [0.15, 0.2) is 0 Å². The fourth-order valence-electron chi connectivity index (χ4n) is 4.39. The van der Waals surface area contributed by atoms with Gasteiger partial charge in [-0.3, -0.25) is 0 Å². The topological polar surface area (TPSA) is 0 Å². The van der Waals surface area contributed by atoms with E-state index in [0.717, 1.165) is 17.8 Å². The van der Waals surface area contributed by atoms with Gasteiger partial charge in [-0.2, -0.15) is 0 Å². The van der Waals surface area contributed by atoms with Crippen LogP contribution in [0.1, 0.15) is 36.8 Å². The van der Waals surface area contributed by atoms with Crippen molar-refractivity contribution in [3.63, 3.8) is 0 Å². The Balaban J connectivity index is 1.74. The van der Waals surface area contributed by atoms with E-state index in [1.165, 1.54) is 36.8 Å². The predicted octanol–water partition coefficient (Wildman–Crippen LogP) is 5.66. The Kier molecular flexibility index (Phi) is 3.39. The molecule has 3 atom stereocenters. The second-order valence-electron chi connectivity index (χ2n) is 6.66. The molecule has 2 aromatic carbocycles. The van der Waals surface area contributed by atoms with Crippen molar-refractivity contribution in [3.8, 4) is 0 Å². The minimum absolute atomic E-state index is 0.770. The van der Waals surface area contributed by atoms with Crippen LogP contribution in [0.25, 0.3) is 11.6 Å². The molecule has 106 valence electrons. The number of rotatable bonds is 3. The molecule has 2 aromatic rings. The second kappa shape index (κ2) is 5.52. The van der Waals surface area contributed by atoms with Gasteiger partial charge >= 0.3 is 0 Å². The highest BCUT2D eigenvalue weighted by atomic mass is 14.5. The minimum atomic E-state index is 0.770. The van der Waals surface area contributed by atoms with E-state index < -0.39 is 0 Å². The molecule has 2 aliphatic carbocycles. The lowest BCUT2D eigenvalue weighted by Crippen LogP contribution is -2.12. The fraction of sp³-hybridized carbons (Fsp3) is 0.333. The van der Waals surface area contributed by atoms with Gasteiger partial charge in [-0.05, 0) is 53.7 Å². The zero-order chi connectivity index (χ0) is 14.1. The number of hydrogen-bond donors (Lipinski definition) is 0. The molecule has 0 heteroatoms. The minimum Gasteiger partial charge on any atom is -0.0622 e. The van der Waals surface area contributed by atoms with Gasteiger partial charge in [-0.15, -0.1) is 0 Å². The van der Waals surface area contributed by atoms with Crippen LogP contribution in [0.4, 0.5) is 0 Å². The highest BCUT2D eigenvalue weighted by Gasteiger charge is 2.41. The first-order valence-electron chi connectivity index (χ1n) is 8.22. The first-order chi connectivity index (χ1) is 10.4. The van der Waals surface area contributed by atoms with E-state index in [1.807, 2.05) is 0 Å². The summed E-state index contributed by atoms with van der Waals surface area (Å²) in [4.78, 5) is 0. The van der Waals surface area contributed by atoms with E-state index in [1.54, 1.807) is 5.57 Å². The fourth-order valence-corrected chi connectivity index (χ4v) is 4.39. The molecule has 0 nitrogen and oxygen atoms in total. The van der Waals surface area contributed by atoms with Crippen LogP contribution in [-0.4, -0.2) is 0 Å². The maximum atomic E-state index is 2.43. The van der Waals surface area contributed by atoms with Crippen molar-refractivity contribution in [2.24, 2.45) is 17.8 Å². The molecule has 0 N–H and O–H groups in total. The van der Waals surface area contributed by atoms with Gasteiger partial charge in [0.2, 0.25) is 0 Å². The van der Waals surface area contributed by atoms with Gasteiger partial charge in [0.05, 0.1) is 0 Å². The van der Waals surface area contributed by atoms with E-state index in [-0.39, 0.29) is 0 Å². The summed E-state index contributed by atoms with van der Waals surface area (Å²) in [6.07, 6.45) is 8.20. The van der Waals surface area contributed by atoms with Crippen LogP contribution in [0, 0.1) is 17.8 Å². The molecular formula is C21H22. The molecule has 3 unspecified atom stereocenters. The van der Waals surface area contributed by atoms with Crippen molar-refractivity contribution in [1.29, 1.82) is 0 Å². The van der Waals surface area contributed by atoms with E-state index >= 15 is 0 Å². The van der Waals surface area contributed by atoms with Gasteiger partial charge in [0, 0.05) is 0 Å². The summed E-state index contributed by atoms with van der Waals surface area (Å²) in [5.74, 6) is 2.68. The van der Waals surface area contributed by atoms with Crippen molar-refractivity contribution in [3.05, 3.63) is 71.8 Å². The number of allylic oxidation sites excluding steroid dienone is 1. The third-order valence-electron chi connectivity index (χ3n) is 5.37. The Labute approximate surface area is 127 Å². The molecule has 0 spiro atoms. The summed E-state index contributed by atoms with van der Waals surface area (Å²) in [7, 11) is 0. The van der Waals surface area contributed by atoms with Crippen molar-refractivity contribution >= 4 is 11.6 Å². The number of benzene rings is 2. The zero-order valence-corrected chi connectivity index (χ0v) is 12.4. The van der Waals surface area contributed by atoms with Crippen molar-refractivity contribution in [1.82, 2.24) is 0 Å². The highest BCUT2D eigenvalue weighted by molar-refractivity contribution is 5.83. The molecule has 4 rings (SSSR count). The molecule has 0 aromatic heterocycles. The Morgan fingerprint density at radius 1 is 0.810 bits per heavy atom. The largest absolute Gasteiger partial charge is 0.0622 e. The van der Waals surface area contributed by atoms with E-state index in [0.29, 0.717) is 0 Å². The summed E-state index contributed by atoms with van der Waals surface area (Å²) in [5, 5.41) is 0. The van der Waals surface area contributed by atoms with Gasteiger partial charge < -0.3 is 0 Å². The summed E-state index contributed by atoms with van der Waals surface area (Å²) in [6, 6.07) is 21.8. The summed E-state index contributed by atoms with van der Waals surface area (Å²) in [5.41, 5.74) is 4.31. The van der Waals surface area contributed by atoms with Crippen LogP contribution in [0.2, 0.25) is 0 Å². The number of hydrogen-bond acceptors (Lipinski definition) is 0. The summed E-state index contributed by atoms with van der Waals surface area (Å²) < 4.78 is 0. The zero-order valence-electron chi connectivity index (χ0n) is 12.4. The van der Waals surface area contributed by atoms with Crippen molar-refractivity contribution < 1.29 is 0 Å². The maximum absolute atomic E-state index is 2.43. The first-order valence-corrected chi connectivity index (χ1v) is 8.22. The van der Waals surface area contributed by atoms with Gasteiger partial charge in [0.25, 0.3) is 0 Å². The first kappa shape index (κ1) is 12.9. The van der Waals surface area contributed by atoms with Crippen LogP contribution in [0.5, 0.6) is 0 Å². The maximum Gasteiger partial charge on any atom is -0.0125 e. The Hall–Kier alpha value is -1.82. The lowest BCUT2D eigenvalue weighted by atomic mass is 9.79. The van der Waals surface area contributed by atoms with Crippen LogP contribution in [0.3, 0.4) is 0 Å². The lowest BCUT2D eigenvalue weighted by molar-refractivity contribution is 0.406. The average Bonchev–Trinajstić information content (AvgIpc) is 3.17. The third-order valence-corrected chi connectivity index (χ3v) is 5.37. The third kappa shape index (κ3) is 2.55. The van der Waals surface area contributed by atoms with Crippen molar-refractivity contribution in [2.45, 2.75) is 25.7 Å². The van der Waals surface area contributed by atoms with Crippen LogP contribution >= 0.6 is 0 Å². The van der Waals surface area contributed by atoms with Gasteiger partial charge in [-0.25, -0.2) is 0 Å². The standard InChI is InChI=1S/C21H22/c1-3-7-16(8-4-1)14-20(18-9-5-2-6-10-18)21-15-17-11-12-19(21)13-17/h1-10,14,17,19,21H,11-13,15H2/b20-14+. The Morgan fingerprint density at radius 3 is 2.14 bits per heavy atom. The molecule has 0 amide bonds. The normalized spacial score (nSPS) is 28.0. The van der Waals surface area contributed by atoms with Gasteiger partial charge in [0.1, 0.15) is 0 Å². The molecule has 2 aliphatic rings. The smallest absolute Gasteiger partial charge is 0.0125 e. The molecule has 0 radical (unpaired) electrons. The van der Waals surface area contributed by atoms with Crippen molar-refractivity contribution in [2.75, 3.05) is 0 Å². The molecule has 2 saturated carbocycles. The molecule has 2 bridgehead atoms. The molecule has 0 saturated heterocycles. The Morgan fingerprint density at radius 2 is 1.52 bits per heavy atom. The molecule has 21 heavy (non-hydrogen) atoms. The van der Waals surface area contributed by atoms with Crippen LogP contribution in [-0.2, 0) is 0 Å². The molecule has 0 heterocycles. The molecule has 0 aliphatic heterocycles. The van der Waals surface area contributed by atoms with E-state index in [9.17, 15) is 0 Å². The van der Waals surface area contributed by atoms with Gasteiger partial charge in [-0.1, -0.05) is 73.2 Å². The van der Waals surface area contributed by atoms with E-state index in [2.05, 4.69) is 66.7 Å². The monoisotopic (exact) mass is 274 g/mol. The molecule has 2 fully saturated rings. The molecular weight excluding hydrogens is 252 g/mol. The quantitative estimate of drug-likeness (QED) is 0.633. The SMILES string of the molecule is C(=C(/c1ccccc1)C1CC2CCC1C2)/c1ccccc1. The lowest BCUT2D eigenvalue weighted by Gasteiger charge is -2.25. The highest BCUT2D eigenvalue weighted by Crippen LogP contribution is 2.53.